The Morgan fingerprint density at radius 2 is 0.909 bits per heavy atom. The summed E-state index contributed by atoms with van der Waals surface area (Å²) in [6.07, 6.45) is 0. The molecule has 7 nitrogen and oxygen atoms in total. The molecule has 0 aliphatic heterocycles. The average molecular weight is 489 g/mol. The first-order valence-electron chi connectivity index (χ1n) is 1.75. The molecule has 0 aromatic rings. The van der Waals surface area contributed by atoms with Crippen molar-refractivity contribution in [2.45, 2.75) is 0 Å². The molecule has 0 aliphatic rings. The summed E-state index contributed by atoms with van der Waals surface area (Å²) in [5, 5.41) is 0. The normalized spacial score (nSPS) is 11.5. The Kier molecular flexibility index (Phi) is 12.5. The van der Waals surface area contributed by atoms with Crippen molar-refractivity contribution in [1.29, 1.82) is 0 Å². The van der Waals surface area contributed by atoms with Gasteiger partial charge >= 0.3 is 18.1 Å². The molecule has 0 bridgehead atoms. The van der Waals surface area contributed by atoms with E-state index in [1.807, 2.05) is 0 Å². The molecule has 0 spiro atoms. The summed E-state index contributed by atoms with van der Waals surface area (Å²) < 4.78 is 3.24. The van der Waals surface area contributed by atoms with E-state index in [1.54, 1.807) is 0 Å². The van der Waals surface area contributed by atoms with Gasteiger partial charge in [-0.15, -0.1) is 0 Å². The van der Waals surface area contributed by atoms with Crippen LogP contribution in [-0.2, 0) is 4.12 Å². The van der Waals surface area contributed by atoms with Gasteiger partial charge < -0.3 is 32.9 Å². The van der Waals surface area contributed by atoms with Crippen LogP contribution in [0.4, 0.5) is 0 Å². The first-order valence-corrected chi connectivity index (χ1v) is 5.25. The monoisotopic (exact) mass is 489 g/mol. The fourth-order valence-corrected chi connectivity index (χ4v) is 1.65. The van der Waals surface area contributed by atoms with E-state index in [2.05, 4.69) is 4.12 Å². The number of rotatable bonds is 2. The second kappa shape index (κ2) is 7.11. The molecule has 0 atom stereocenters. The van der Waals surface area contributed by atoms with Crippen molar-refractivity contribution in [2.24, 2.45) is 0 Å². The number of hydrogen-bond donors (Lipinski definition) is 6. The van der Waals surface area contributed by atoms with Gasteiger partial charge in [0.15, 0.2) is 0 Å². The molecule has 0 saturated carbocycles. The van der Waals surface area contributed by atoms with Crippen LogP contribution in [-0.4, -0.2) is 46.9 Å². The van der Waals surface area contributed by atoms with Crippen LogP contribution in [0.3, 0.4) is 0 Å². The molecule has 0 rings (SSSR count). The van der Waals surface area contributed by atoms with E-state index in [9.17, 15) is 0 Å². The predicted molar refractivity (Wildman–Crippen MR) is 25.9 cm³/mol. The molecule has 0 fully saturated rings. The van der Waals surface area contributed by atoms with Gasteiger partial charge in [0.25, 0.3) is 0 Å². The molecular formula is H6CeLuO7Si2. The van der Waals surface area contributed by atoms with Crippen LogP contribution >= 0.6 is 0 Å². The second-order valence-electron chi connectivity index (χ2n) is 1.25. The molecule has 0 unspecified atom stereocenters. The summed E-state index contributed by atoms with van der Waals surface area (Å²) in [6.45, 7) is 0. The summed E-state index contributed by atoms with van der Waals surface area (Å²) in [4.78, 5) is 47.6. The zero-order chi connectivity index (χ0) is 7.71. The Balaban J connectivity index is -0.000000320. The maximum absolute atomic E-state index is 7.94. The maximum Gasteiger partial charge on any atom is 0.665 e. The van der Waals surface area contributed by atoms with Crippen molar-refractivity contribution < 1.29 is 112 Å². The van der Waals surface area contributed by atoms with Crippen molar-refractivity contribution >= 4 is 18.1 Å². The minimum absolute atomic E-state index is 0. The van der Waals surface area contributed by atoms with Gasteiger partial charge in [0.1, 0.15) is 0 Å². The van der Waals surface area contributed by atoms with Crippen molar-refractivity contribution in [3.63, 3.8) is 0 Å². The van der Waals surface area contributed by atoms with E-state index < -0.39 is 18.1 Å². The zero-order valence-corrected chi connectivity index (χ0v) is 11.6. The van der Waals surface area contributed by atoms with Gasteiger partial charge in [-0.2, -0.15) is 0 Å². The second-order valence-corrected chi connectivity index (χ2v) is 4.36. The van der Waals surface area contributed by atoms with Crippen LogP contribution < -0.4 is 0 Å². The SMILES string of the molecule is O[Si](O)(O)O[Si](O)(O)O.[Ce].[Lu]. The predicted octanol–water partition coefficient (Wildman–Crippen LogP) is -4.17. The topological polar surface area (TPSA) is 131 Å². The third kappa shape index (κ3) is 19.3. The Hall–Kier alpha value is 2.76. The van der Waals surface area contributed by atoms with Crippen molar-refractivity contribution in [2.75, 3.05) is 0 Å². The van der Waals surface area contributed by atoms with E-state index in [4.69, 9.17) is 28.8 Å². The molecule has 0 amide bonds. The average Bonchev–Trinajstić information content (AvgIpc) is 1.14. The van der Waals surface area contributed by atoms with Crippen molar-refractivity contribution in [1.82, 2.24) is 0 Å². The molecule has 0 aromatic carbocycles. The molecule has 11 heavy (non-hydrogen) atoms. The van der Waals surface area contributed by atoms with E-state index >= 15 is 0 Å². The van der Waals surface area contributed by atoms with Gasteiger partial charge in [0, 0.05) is 78.6 Å². The molecule has 11 heteroatoms. The van der Waals surface area contributed by atoms with E-state index in [1.165, 1.54) is 0 Å². The van der Waals surface area contributed by atoms with Gasteiger partial charge in [-0.05, 0) is 0 Å². The van der Waals surface area contributed by atoms with Crippen molar-refractivity contribution in [3.05, 3.63) is 0 Å². The Morgan fingerprint density at radius 3 is 0.909 bits per heavy atom. The maximum atomic E-state index is 7.94. The smallest absolute Gasteiger partial charge is 0.368 e. The minimum atomic E-state index is -4.98. The number of hydrogen-bond acceptors (Lipinski definition) is 7. The van der Waals surface area contributed by atoms with E-state index in [-0.39, 0.29) is 78.6 Å². The van der Waals surface area contributed by atoms with E-state index in [0.29, 0.717) is 0 Å². The van der Waals surface area contributed by atoms with Crippen molar-refractivity contribution in [3.8, 4) is 0 Å². The van der Waals surface area contributed by atoms with Crippen LogP contribution in [0.2, 0.25) is 0 Å². The molecule has 0 saturated heterocycles. The van der Waals surface area contributed by atoms with Gasteiger partial charge in [0.05, 0.1) is 0 Å². The molecule has 0 aliphatic carbocycles. The third-order valence-corrected chi connectivity index (χ3v) is 2.46. The molecule has 1 radical (unpaired) electrons. The Labute approximate surface area is 127 Å². The molecular weight excluding hydrogens is 483 g/mol. The van der Waals surface area contributed by atoms with Crippen LogP contribution in [0.1, 0.15) is 0 Å². The van der Waals surface area contributed by atoms with Crippen LogP contribution in [0, 0.1) is 78.6 Å². The van der Waals surface area contributed by atoms with Gasteiger partial charge in [0.2, 0.25) is 0 Å². The first kappa shape index (κ1) is 19.4. The molecule has 0 aromatic heterocycles. The van der Waals surface area contributed by atoms with Gasteiger partial charge in [-0.25, -0.2) is 0 Å². The minimum Gasteiger partial charge on any atom is -0.368 e. The standard InChI is InChI=1S/Ce.Lu.H6O7Si2/c;;1-8(2,3)7-9(4,5)6/h;;1-6H. The largest absolute Gasteiger partial charge is 0.665 e. The summed E-state index contributed by atoms with van der Waals surface area (Å²) in [5.41, 5.74) is 0. The summed E-state index contributed by atoms with van der Waals surface area (Å²) in [6, 6.07) is 0. The summed E-state index contributed by atoms with van der Waals surface area (Å²) in [5.74, 6) is 0. The van der Waals surface area contributed by atoms with Gasteiger partial charge in [-0.3, -0.25) is 0 Å². The van der Waals surface area contributed by atoms with Crippen LogP contribution in [0.25, 0.3) is 0 Å². The molecule has 75 valence electrons. The van der Waals surface area contributed by atoms with E-state index in [0.717, 1.165) is 0 Å². The fraction of sp³-hybridized carbons (Fsp3) is 0. The molecule has 0 heterocycles. The van der Waals surface area contributed by atoms with Crippen LogP contribution in [0.5, 0.6) is 0 Å². The summed E-state index contributed by atoms with van der Waals surface area (Å²) in [7, 11) is -9.96. The fourth-order valence-electron chi connectivity index (χ4n) is 0.184. The Bertz CT molecular complexity index is 81.6. The third-order valence-electron chi connectivity index (χ3n) is 0.274. The summed E-state index contributed by atoms with van der Waals surface area (Å²) >= 11 is 0. The zero-order valence-electron chi connectivity index (χ0n) is 4.85. The Morgan fingerprint density at radius 1 is 0.727 bits per heavy atom. The van der Waals surface area contributed by atoms with Crippen LogP contribution in [0.15, 0.2) is 0 Å². The quantitative estimate of drug-likeness (QED) is 0.217. The molecule has 6 N–H and O–H groups in total. The van der Waals surface area contributed by atoms with Gasteiger partial charge in [-0.1, -0.05) is 0 Å². The first-order chi connectivity index (χ1) is 3.71.